The van der Waals surface area contributed by atoms with Crippen molar-refractivity contribution in [3.63, 3.8) is 0 Å². The first-order valence-electron chi connectivity index (χ1n) is 10.1. The molecule has 6 nitrogen and oxygen atoms in total. The SMILES string of the molecule is CC(C)NS(=O)(=O)c1ccc(F)c(C(=O)N(Cc2cccc(F)c2)CC2CCCO2)c1. The molecule has 0 aromatic heterocycles. The number of carbonyl (C=O) groups is 1. The Morgan fingerprint density at radius 1 is 1.23 bits per heavy atom. The third-order valence-electron chi connectivity index (χ3n) is 4.87. The molecule has 3 rings (SSSR count). The Balaban J connectivity index is 1.93. The number of sulfonamides is 1. The van der Waals surface area contributed by atoms with Gasteiger partial charge >= 0.3 is 0 Å². The van der Waals surface area contributed by atoms with E-state index in [0.29, 0.717) is 12.2 Å². The predicted octanol–water partition coefficient (Wildman–Crippen LogP) is 3.47. The number of hydrogen-bond acceptors (Lipinski definition) is 4. The van der Waals surface area contributed by atoms with Crippen LogP contribution in [0.4, 0.5) is 8.78 Å². The van der Waals surface area contributed by atoms with E-state index in [0.717, 1.165) is 31.0 Å². The Morgan fingerprint density at radius 2 is 2.00 bits per heavy atom. The highest BCUT2D eigenvalue weighted by Crippen LogP contribution is 2.21. The van der Waals surface area contributed by atoms with Gasteiger partial charge in [-0.2, -0.15) is 0 Å². The summed E-state index contributed by atoms with van der Waals surface area (Å²) in [4.78, 5) is 14.4. The highest BCUT2D eigenvalue weighted by atomic mass is 32.2. The maximum atomic E-state index is 14.6. The minimum atomic E-state index is -3.91. The first-order chi connectivity index (χ1) is 14.7. The Hall–Kier alpha value is -2.36. The molecule has 2 aromatic rings. The molecule has 0 spiro atoms. The summed E-state index contributed by atoms with van der Waals surface area (Å²) >= 11 is 0. The fourth-order valence-electron chi connectivity index (χ4n) is 3.49. The van der Waals surface area contributed by atoms with E-state index in [1.807, 2.05) is 0 Å². The lowest BCUT2D eigenvalue weighted by molar-refractivity contribution is 0.0503. The molecule has 1 aliphatic rings. The monoisotopic (exact) mass is 452 g/mol. The molecule has 1 heterocycles. The molecule has 9 heteroatoms. The van der Waals surface area contributed by atoms with Gasteiger partial charge in [-0.3, -0.25) is 4.79 Å². The van der Waals surface area contributed by atoms with Crippen LogP contribution in [0.3, 0.4) is 0 Å². The van der Waals surface area contributed by atoms with E-state index < -0.39 is 27.6 Å². The van der Waals surface area contributed by atoms with Gasteiger partial charge in [0.2, 0.25) is 10.0 Å². The molecule has 0 saturated carbocycles. The van der Waals surface area contributed by atoms with Crippen LogP contribution in [0.25, 0.3) is 0 Å². The lowest BCUT2D eigenvalue weighted by Crippen LogP contribution is -2.37. The summed E-state index contributed by atoms with van der Waals surface area (Å²) in [5, 5.41) is 0. The minimum absolute atomic E-state index is 0.0388. The fourth-order valence-corrected chi connectivity index (χ4v) is 4.77. The van der Waals surface area contributed by atoms with E-state index in [1.165, 1.54) is 23.1 Å². The average molecular weight is 453 g/mol. The molecular weight excluding hydrogens is 426 g/mol. The Bertz CT molecular complexity index is 1040. The summed E-state index contributed by atoms with van der Waals surface area (Å²) in [7, 11) is -3.91. The zero-order valence-corrected chi connectivity index (χ0v) is 18.3. The Morgan fingerprint density at radius 3 is 2.65 bits per heavy atom. The van der Waals surface area contributed by atoms with Crippen molar-refractivity contribution >= 4 is 15.9 Å². The van der Waals surface area contributed by atoms with Gasteiger partial charge in [-0.05, 0) is 62.6 Å². The number of rotatable bonds is 8. The van der Waals surface area contributed by atoms with Gasteiger partial charge in [0.25, 0.3) is 5.91 Å². The number of hydrogen-bond donors (Lipinski definition) is 1. The number of amides is 1. The number of carbonyl (C=O) groups excluding carboxylic acids is 1. The zero-order valence-electron chi connectivity index (χ0n) is 17.5. The standard InChI is InChI=1S/C22H26F2N2O4S/c1-15(2)25-31(28,29)19-8-9-21(24)20(12-19)22(27)26(14-18-7-4-10-30-18)13-16-5-3-6-17(23)11-16/h3,5-6,8-9,11-12,15,18,25H,4,7,10,13-14H2,1-2H3. The van der Waals surface area contributed by atoms with Gasteiger partial charge in [0.1, 0.15) is 11.6 Å². The Kier molecular flexibility index (Phi) is 7.40. The van der Waals surface area contributed by atoms with Crippen LogP contribution >= 0.6 is 0 Å². The van der Waals surface area contributed by atoms with Crippen molar-refractivity contribution in [2.24, 2.45) is 0 Å². The van der Waals surface area contributed by atoms with E-state index in [-0.39, 0.29) is 35.7 Å². The minimum Gasteiger partial charge on any atom is -0.376 e. The smallest absolute Gasteiger partial charge is 0.257 e. The van der Waals surface area contributed by atoms with Gasteiger partial charge in [-0.1, -0.05) is 12.1 Å². The van der Waals surface area contributed by atoms with Crippen molar-refractivity contribution in [3.8, 4) is 0 Å². The van der Waals surface area contributed by atoms with E-state index in [2.05, 4.69) is 4.72 Å². The van der Waals surface area contributed by atoms with Gasteiger partial charge in [0, 0.05) is 25.7 Å². The second kappa shape index (κ2) is 9.84. The van der Waals surface area contributed by atoms with Crippen molar-refractivity contribution in [2.45, 2.75) is 50.3 Å². The van der Waals surface area contributed by atoms with Gasteiger partial charge in [0.05, 0.1) is 16.6 Å². The normalized spacial score (nSPS) is 16.6. The molecule has 1 saturated heterocycles. The number of nitrogens with one attached hydrogen (secondary N) is 1. The van der Waals surface area contributed by atoms with Crippen LogP contribution in [0.5, 0.6) is 0 Å². The summed E-state index contributed by atoms with van der Waals surface area (Å²) in [6.45, 7) is 4.13. The summed E-state index contributed by atoms with van der Waals surface area (Å²) in [6.07, 6.45) is 1.40. The number of benzene rings is 2. The summed E-state index contributed by atoms with van der Waals surface area (Å²) in [6, 6.07) is 8.57. The molecular formula is C22H26F2N2O4S. The maximum absolute atomic E-state index is 14.6. The quantitative estimate of drug-likeness (QED) is 0.666. The van der Waals surface area contributed by atoms with Gasteiger partial charge in [-0.15, -0.1) is 0 Å². The van der Waals surface area contributed by atoms with Crippen LogP contribution in [0, 0.1) is 11.6 Å². The van der Waals surface area contributed by atoms with Gasteiger partial charge < -0.3 is 9.64 Å². The number of ether oxygens (including phenoxy) is 1. The molecule has 0 radical (unpaired) electrons. The number of halogens is 2. The van der Waals surface area contributed by atoms with Crippen LogP contribution < -0.4 is 4.72 Å². The molecule has 1 amide bonds. The van der Waals surface area contributed by atoms with Gasteiger partial charge in [0.15, 0.2) is 0 Å². The Labute approximate surface area is 181 Å². The molecule has 1 atom stereocenters. The number of nitrogens with zero attached hydrogens (tertiary/aromatic N) is 1. The van der Waals surface area contributed by atoms with Crippen LogP contribution in [-0.2, 0) is 21.3 Å². The highest BCUT2D eigenvalue weighted by molar-refractivity contribution is 7.89. The van der Waals surface area contributed by atoms with Crippen LogP contribution in [0.15, 0.2) is 47.4 Å². The van der Waals surface area contributed by atoms with E-state index in [1.54, 1.807) is 19.9 Å². The van der Waals surface area contributed by atoms with E-state index >= 15 is 0 Å². The third-order valence-corrected chi connectivity index (χ3v) is 6.52. The molecule has 1 N–H and O–H groups in total. The van der Waals surface area contributed by atoms with Crippen molar-refractivity contribution in [2.75, 3.05) is 13.2 Å². The molecule has 1 aliphatic heterocycles. The first-order valence-corrected chi connectivity index (χ1v) is 11.6. The molecule has 31 heavy (non-hydrogen) atoms. The van der Waals surface area contributed by atoms with E-state index in [4.69, 9.17) is 4.74 Å². The fraction of sp³-hybridized carbons (Fsp3) is 0.409. The largest absolute Gasteiger partial charge is 0.376 e. The molecule has 0 bridgehead atoms. The van der Waals surface area contributed by atoms with E-state index in [9.17, 15) is 22.0 Å². The van der Waals surface area contributed by atoms with Crippen molar-refractivity contribution in [3.05, 3.63) is 65.2 Å². The average Bonchev–Trinajstić information content (AvgIpc) is 3.19. The zero-order chi connectivity index (χ0) is 22.6. The second-order valence-corrected chi connectivity index (χ2v) is 9.58. The van der Waals surface area contributed by atoms with Gasteiger partial charge in [-0.25, -0.2) is 21.9 Å². The molecule has 1 unspecified atom stereocenters. The highest BCUT2D eigenvalue weighted by Gasteiger charge is 2.27. The van der Waals surface area contributed by atoms with Crippen LogP contribution in [0.2, 0.25) is 0 Å². The maximum Gasteiger partial charge on any atom is 0.257 e. The molecule has 168 valence electrons. The van der Waals surface area contributed by atoms with Crippen LogP contribution in [-0.4, -0.2) is 44.5 Å². The lowest BCUT2D eigenvalue weighted by Gasteiger charge is -2.26. The first kappa shape index (κ1) is 23.3. The van der Waals surface area contributed by atoms with Crippen molar-refractivity contribution in [1.29, 1.82) is 0 Å². The van der Waals surface area contributed by atoms with Crippen LogP contribution in [0.1, 0.15) is 42.6 Å². The molecule has 1 fully saturated rings. The van der Waals surface area contributed by atoms with Crippen molar-refractivity contribution < 1.29 is 26.7 Å². The van der Waals surface area contributed by atoms with Crippen molar-refractivity contribution in [1.82, 2.24) is 9.62 Å². The third kappa shape index (κ3) is 6.09. The summed E-state index contributed by atoms with van der Waals surface area (Å²) in [5.74, 6) is -1.95. The molecule has 0 aliphatic carbocycles. The second-order valence-electron chi connectivity index (χ2n) is 7.87. The molecule has 2 aromatic carbocycles. The summed E-state index contributed by atoms with van der Waals surface area (Å²) < 4.78 is 61.2. The summed E-state index contributed by atoms with van der Waals surface area (Å²) in [5.41, 5.74) is 0.179. The topological polar surface area (TPSA) is 75.7 Å². The predicted molar refractivity (Wildman–Crippen MR) is 112 cm³/mol. The lowest BCUT2D eigenvalue weighted by atomic mass is 10.1.